The van der Waals surface area contributed by atoms with Crippen LogP contribution in [0.5, 0.6) is 0 Å². The molecule has 28 heavy (non-hydrogen) atoms. The van der Waals surface area contributed by atoms with Gasteiger partial charge in [0.25, 0.3) is 10.0 Å². The van der Waals surface area contributed by atoms with Gasteiger partial charge in [-0.3, -0.25) is 9.10 Å². The summed E-state index contributed by atoms with van der Waals surface area (Å²) < 4.78 is 27.8. The normalized spacial score (nSPS) is 18.1. The highest BCUT2D eigenvalue weighted by molar-refractivity contribution is 7.92. The lowest BCUT2D eigenvalue weighted by Gasteiger charge is -2.22. The Hall–Kier alpha value is -2.87. The molecule has 7 nitrogen and oxygen atoms in total. The number of aromatic carboxylic acids is 1. The zero-order valence-electron chi connectivity index (χ0n) is 15.5. The molecule has 2 aliphatic rings. The van der Waals surface area contributed by atoms with Crippen LogP contribution in [-0.2, 0) is 27.7 Å². The summed E-state index contributed by atoms with van der Waals surface area (Å²) >= 11 is 0. The fourth-order valence-electron chi connectivity index (χ4n) is 4.13. The van der Waals surface area contributed by atoms with Gasteiger partial charge >= 0.3 is 5.97 Å². The van der Waals surface area contributed by atoms with Crippen molar-refractivity contribution in [3.8, 4) is 0 Å². The maximum Gasteiger partial charge on any atom is 0.335 e. The van der Waals surface area contributed by atoms with E-state index < -0.39 is 16.0 Å². The first-order chi connectivity index (χ1) is 13.2. The molecule has 1 atom stereocenters. The molecule has 1 N–H and O–H groups in total. The molecule has 0 saturated heterocycles. The minimum atomic E-state index is -3.78. The molecule has 0 bridgehead atoms. The first-order valence-electron chi connectivity index (χ1n) is 9.02. The van der Waals surface area contributed by atoms with Crippen LogP contribution in [-0.4, -0.2) is 38.0 Å². The monoisotopic (exact) mass is 400 g/mol. The van der Waals surface area contributed by atoms with Crippen molar-refractivity contribution in [1.82, 2.24) is 0 Å². The van der Waals surface area contributed by atoms with Crippen LogP contribution >= 0.6 is 0 Å². The molecule has 8 heteroatoms. The van der Waals surface area contributed by atoms with Crippen molar-refractivity contribution in [2.45, 2.75) is 37.6 Å². The number of carboxylic acids is 1. The minimum Gasteiger partial charge on any atom is -0.478 e. The van der Waals surface area contributed by atoms with E-state index in [2.05, 4.69) is 0 Å². The van der Waals surface area contributed by atoms with Gasteiger partial charge in [0.15, 0.2) is 0 Å². The number of amides is 1. The first kappa shape index (κ1) is 18.5. The predicted molar refractivity (Wildman–Crippen MR) is 104 cm³/mol. The summed E-state index contributed by atoms with van der Waals surface area (Å²) in [6.07, 6.45) is 1.08. The molecule has 2 aromatic rings. The van der Waals surface area contributed by atoms with E-state index in [1.807, 2.05) is 6.92 Å². The number of fused-ring (bicyclic) bond motifs is 2. The standard InChI is InChI=1S/C20H20N2O5S/c1-12-9-16-11-17(4-6-19(16)22(12)13(2)23)28(26,27)21-8-7-14-10-15(20(24)25)3-5-18(14)21/h3-6,10-12H,7-9H2,1-2H3,(H,24,25)/t12-/m1/s1. The number of sulfonamides is 1. The Morgan fingerprint density at radius 1 is 1.07 bits per heavy atom. The van der Waals surface area contributed by atoms with E-state index in [0.717, 1.165) is 11.3 Å². The van der Waals surface area contributed by atoms with Crippen LogP contribution in [0.25, 0.3) is 0 Å². The minimum absolute atomic E-state index is 0.00703. The largest absolute Gasteiger partial charge is 0.478 e. The van der Waals surface area contributed by atoms with Gasteiger partial charge in [-0.1, -0.05) is 0 Å². The maximum absolute atomic E-state index is 13.2. The number of hydrogen-bond donors (Lipinski definition) is 1. The van der Waals surface area contributed by atoms with Gasteiger partial charge in [0.2, 0.25) is 5.91 Å². The lowest BCUT2D eigenvalue weighted by Crippen LogP contribution is -2.33. The quantitative estimate of drug-likeness (QED) is 0.854. The van der Waals surface area contributed by atoms with Gasteiger partial charge in [0, 0.05) is 25.2 Å². The molecule has 2 heterocycles. The summed E-state index contributed by atoms with van der Waals surface area (Å²) in [5.41, 5.74) is 2.97. The zero-order valence-corrected chi connectivity index (χ0v) is 16.4. The van der Waals surface area contributed by atoms with Crippen LogP contribution in [0.3, 0.4) is 0 Å². The highest BCUT2D eigenvalue weighted by atomic mass is 32.2. The summed E-state index contributed by atoms with van der Waals surface area (Å²) in [5, 5.41) is 9.13. The Kier molecular flexibility index (Phi) is 4.19. The Balaban J connectivity index is 1.71. The molecule has 2 aliphatic heterocycles. The SMILES string of the molecule is CC(=O)N1c2ccc(S(=O)(=O)N3CCc4cc(C(=O)O)ccc43)cc2C[C@H]1C. The van der Waals surface area contributed by atoms with Gasteiger partial charge in [-0.25, -0.2) is 13.2 Å². The van der Waals surface area contributed by atoms with Crippen LogP contribution in [0.4, 0.5) is 11.4 Å². The number of carbonyl (C=O) groups is 2. The van der Waals surface area contributed by atoms with Crippen molar-refractivity contribution in [1.29, 1.82) is 0 Å². The summed E-state index contributed by atoms with van der Waals surface area (Å²) in [6, 6.07) is 9.37. The second kappa shape index (κ2) is 6.34. The van der Waals surface area contributed by atoms with Crippen molar-refractivity contribution in [2.75, 3.05) is 15.7 Å². The van der Waals surface area contributed by atoms with E-state index >= 15 is 0 Å². The fraction of sp³-hybridized carbons (Fsp3) is 0.300. The van der Waals surface area contributed by atoms with Crippen molar-refractivity contribution in [2.24, 2.45) is 0 Å². The molecule has 146 valence electrons. The maximum atomic E-state index is 13.2. The molecular formula is C20H20N2O5S. The molecule has 0 unspecified atom stereocenters. The average molecular weight is 400 g/mol. The third-order valence-electron chi connectivity index (χ3n) is 5.37. The third kappa shape index (κ3) is 2.75. The molecule has 2 aromatic carbocycles. The van der Waals surface area contributed by atoms with E-state index in [-0.39, 0.29) is 29.0 Å². The van der Waals surface area contributed by atoms with Gasteiger partial charge in [0.05, 0.1) is 16.1 Å². The van der Waals surface area contributed by atoms with Gasteiger partial charge in [-0.2, -0.15) is 0 Å². The molecule has 0 saturated carbocycles. The third-order valence-corrected chi connectivity index (χ3v) is 7.18. The number of hydrogen-bond acceptors (Lipinski definition) is 4. The molecule has 0 aromatic heterocycles. The molecule has 0 aliphatic carbocycles. The van der Waals surface area contributed by atoms with Gasteiger partial charge < -0.3 is 10.0 Å². The van der Waals surface area contributed by atoms with Crippen LogP contribution in [0.1, 0.15) is 35.3 Å². The molecule has 0 fully saturated rings. The van der Waals surface area contributed by atoms with Crippen molar-refractivity contribution < 1.29 is 23.1 Å². The predicted octanol–water partition coefficient (Wildman–Crippen LogP) is 2.43. The van der Waals surface area contributed by atoms with E-state index in [1.165, 1.54) is 29.4 Å². The highest BCUT2D eigenvalue weighted by Gasteiger charge is 2.34. The Morgan fingerprint density at radius 2 is 1.79 bits per heavy atom. The summed E-state index contributed by atoms with van der Waals surface area (Å²) in [5.74, 6) is -1.10. The molecule has 0 spiro atoms. The van der Waals surface area contributed by atoms with Crippen molar-refractivity contribution >= 4 is 33.3 Å². The highest BCUT2D eigenvalue weighted by Crippen LogP contribution is 2.37. The molecular weight excluding hydrogens is 380 g/mol. The lowest BCUT2D eigenvalue weighted by atomic mass is 10.1. The zero-order chi connectivity index (χ0) is 20.2. The van der Waals surface area contributed by atoms with Crippen molar-refractivity contribution in [3.63, 3.8) is 0 Å². The Bertz CT molecular complexity index is 1110. The Morgan fingerprint density at radius 3 is 2.46 bits per heavy atom. The van der Waals surface area contributed by atoms with Crippen LogP contribution < -0.4 is 9.21 Å². The van der Waals surface area contributed by atoms with E-state index in [9.17, 15) is 18.0 Å². The first-order valence-corrected chi connectivity index (χ1v) is 10.5. The lowest BCUT2D eigenvalue weighted by molar-refractivity contribution is -0.116. The number of carboxylic acid groups (broad SMARTS) is 1. The van der Waals surface area contributed by atoms with Crippen LogP contribution in [0.2, 0.25) is 0 Å². The smallest absolute Gasteiger partial charge is 0.335 e. The summed E-state index contributed by atoms with van der Waals surface area (Å²) in [6.45, 7) is 3.71. The molecule has 4 rings (SSSR count). The molecule has 0 radical (unpaired) electrons. The summed E-state index contributed by atoms with van der Waals surface area (Å²) in [7, 11) is -3.78. The van der Waals surface area contributed by atoms with Crippen molar-refractivity contribution in [3.05, 3.63) is 53.1 Å². The fourth-order valence-corrected chi connectivity index (χ4v) is 5.68. The average Bonchev–Trinajstić information content (AvgIpc) is 3.20. The topological polar surface area (TPSA) is 95.0 Å². The van der Waals surface area contributed by atoms with Gasteiger partial charge in [-0.15, -0.1) is 0 Å². The second-order valence-electron chi connectivity index (χ2n) is 7.21. The van der Waals surface area contributed by atoms with Crippen LogP contribution in [0, 0.1) is 0 Å². The van der Waals surface area contributed by atoms with E-state index in [4.69, 9.17) is 5.11 Å². The number of rotatable bonds is 3. The van der Waals surface area contributed by atoms with Crippen LogP contribution in [0.15, 0.2) is 41.3 Å². The Labute approximate surface area is 163 Å². The van der Waals surface area contributed by atoms with E-state index in [0.29, 0.717) is 24.1 Å². The van der Waals surface area contributed by atoms with Gasteiger partial charge in [-0.05, 0) is 67.3 Å². The number of nitrogens with zero attached hydrogens (tertiary/aromatic N) is 2. The summed E-state index contributed by atoms with van der Waals surface area (Å²) in [4.78, 5) is 24.9. The van der Waals surface area contributed by atoms with E-state index in [1.54, 1.807) is 23.1 Å². The molecule has 1 amide bonds. The number of anilines is 2. The number of carbonyl (C=O) groups excluding carboxylic acids is 1. The van der Waals surface area contributed by atoms with Gasteiger partial charge in [0.1, 0.15) is 0 Å². The number of benzene rings is 2. The second-order valence-corrected chi connectivity index (χ2v) is 9.07.